The van der Waals surface area contributed by atoms with Gasteiger partial charge < -0.3 is 10.0 Å². The Morgan fingerprint density at radius 2 is 1.80 bits per heavy atom. The summed E-state index contributed by atoms with van der Waals surface area (Å²) in [6.07, 6.45) is 2.69. The summed E-state index contributed by atoms with van der Waals surface area (Å²) in [4.78, 5) is 29.8. The van der Waals surface area contributed by atoms with E-state index < -0.39 is 5.97 Å². The van der Waals surface area contributed by atoms with Gasteiger partial charge in [0.05, 0.1) is 12.6 Å². The standard InChI is InChI=1S/C19H27N3O3/c1-14-3-5-16(6-4-14)22-12-9-17(19(22)25)21-10-7-15(8-11-21)20(2)13-18(23)24/h3-6,15,17H,7-13H2,1-2H3,(H,23,24). The fourth-order valence-corrected chi connectivity index (χ4v) is 3.97. The van der Waals surface area contributed by atoms with Crippen LogP contribution < -0.4 is 4.90 Å². The van der Waals surface area contributed by atoms with E-state index in [4.69, 9.17) is 5.11 Å². The Morgan fingerprint density at radius 3 is 2.40 bits per heavy atom. The lowest BCUT2D eigenvalue weighted by atomic mass is 10.0. The number of likely N-dealkylation sites (tertiary alicyclic amines) is 1. The monoisotopic (exact) mass is 345 g/mol. The van der Waals surface area contributed by atoms with Crippen molar-refractivity contribution in [2.24, 2.45) is 0 Å². The van der Waals surface area contributed by atoms with Crippen molar-refractivity contribution in [2.75, 3.05) is 38.1 Å². The van der Waals surface area contributed by atoms with Crippen molar-refractivity contribution in [3.63, 3.8) is 0 Å². The first-order valence-corrected chi connectivity index (χ1v) is 9.00. The number of carbonyl (C=O) groups is 2. The van der Waals surface area contributed by atoms with E-state index in [1.165, 1.54) is 5.56 Å². The van der Waals surface area contributed by atoms with Crippen LogP contribution in [-0.2, 0) is 9.59 Å². The van der Waals surface area contributed by atoms with Crippen molar-refractivity contribution in [3.05, 3.63) is 29.8 Å². The van der Waals surface area contributed by atoms with E-state index in [9.17, 15) is 9.59 Å². The minimum atomic E-state index is -0.787. The summed E-state index contributed by atoms with van der Waals surface area (Å²) in [6.45, 7) is 4.60. The third-order valence-corrected chi connectivity index (χ3v) is 5.47. The number of hydrogen-bond acceptors (Lipinski definition) is 4. The van der Waals surface area contributed by atoms with Crippen molar-refractivity contribution in [2.45, 2.75) is 38.3 Å². The number of benzene rings is 1. The molecule has 0 saturated carbocycles. The predicted octanol–water partition coefficient (Wildman–Crippen LogP) is 1.58. The van der Waals surface area contributed by atoms with Crippen LogP contribution in [0.2, 0.25) is 0 Å². The van der Waals surface area contributed by atoms with E-state index in [0.29, 0.717) is 0 Å². The number of amides is 1. The number of nitrogens with zero attached hydrogens (tertiary/aromatic N) is 3. The molecule has 3 rings (SSSR count). The first-order valence-electron chi connectivity index (χ1n) is 9.00. The van der Waals surface area contributed by atoms with Crippen LogP contribution in [0.3, 0.4) is 0 Å². The summed E-state index contributed by atoms with van der Waals surface area (Å²) in [5.74, 6) is -0.592. The van der Waals surface area contributed by atoms with E-state index in [1.54, 1.807) is 0 Å². The highest BCUT2D eigenvalue weighted by Crippen LogP contribution is 2.27. The number of hydrogen-bond donors (Lipinski definition) is 1. The molecule has 6 nitrogen and oxygen atoms in total. The topological polar surface area (TPSA) is 64.1 Å². The second kappa shape index (κ2) is 7.54. The lowest BCUT2D eigenvalue weighted by molar-refractivity contribution is -0.138. The van der Waals surface area contributed by atoms with E-state index in [1.807, 2.05) is 48.0 Å². The predicted molar refractivity (Wildman–Crippen MR) is 96.8 cm³/mol. The second-order valence-electron chi connectivity index (χ2n) is 7.21. The van der Waals surface area contributed by atoms with Gasteiger partial charge in [-0.3, -0.25) is 19.4 Å². The van der Waals surface area contributed by atoms with Gasteiger partial charge in [0.2, 0.25) is 5.91 Å². The van der Waals surface area contributed by atoms with Gasteiger partial charge >= 0.3 is 5.97 Å². The molecule has 2 aliphatic heterocycles. The van der Waals surface area contributed by atoms with Gasteiger partial charge in [-0.05, 0) is 45.4 Å². The van der Waals surface area contributed by atoms with Crippen LogP contribution in [0.15, 0.2) is 24.3 Å². The fraction of sp³-hybridized carbons (Fsp3) is 0.579. The Morgan fingerprint density at radius 1 is 1.16 bits per heavy atom. The summed E-state index contributed by atoms with van der Waals surface area (Å²) >= 11 is 0. The van der Waals surface area contributed by atoms with Gasteiger partial charge in [0.15, 0.2) is 0 Å². The third-order valence-electron chi connectivity index (χ3n) is 5.47. The summed E-state index contributed by atoms with van der Waals surface area (Å²) in [6, 6.07) is 8.37. The van der Waals surface area contributed by atoms with Gasteiger partial charge in [0.1, 0.15) is 0 Å². The molecule has 6 heteroatoms. The molecule has 1 aromatic carbocycles. The number of carbonyl (C=O) groups excluding carboxylic acids is 1. The number of aliphatic carboxylic acids is 1. The van der Waals surface area contributed by atoms with Crippen LogP contribution in [0.25, 0.3) is 0 Å². The van der Waals surface area contributed by atoms with Crippen LogP contribution in [0, 0.1) is 6.92 Å². The van der Waals surface area contributed by atoms with Gasteiger partial charge in [-0.1, -0.05) is 17.7 Å². The zero-order valence-corrected chi connectivity index (χ0v) is 15.0. The number of piperidine rings is 1. The van der Waals surface area contributed by atoms with E-state index in [0.717, 1.165) is 44.6 Å². The number of anilines is 1. The third kappa shape index (κ3) is 4.02. The average Bonchev–Trinajstić information content (AvgIpc) is 2.97. The molecular formula is C19H27N3O3. The van der Waals surface area contributed by atoms with Crippen molar-refractivity contribution in [1.82, 2.24) is 9.80 Å². The summed E-state index contributed by atoms with van der Waals surface area (Å²) < 4.78 is 0. The van der Waals surface area contributed by atoms with Crippen molar-refractivity contribution >= 4 is 17.6 Å². The Hall–Kier alpha value is -1.92. The smallest absolute Gasteiger partial charge is 0.317 e. The van der Waals surface area contributed by atoms with Gasteiger partial charge in [-0.25, -0.2) is 0 Å². The molecule has 136 valence electrons. The molecule has 1 amide bonds. The minimum Gasteiger partial charge on any atom is -0.480 e. The summed E-state index contributed by atoms with van der Waals surface area (Å²) in [7, 11) is 1.87. The number of carboxylic acids is 1. The first-order chi connectivity index (χ1) is 12.0. The number of rotatable bonds is 5. The lowest BCUT2D eigenvalue weighted by Gasteiger charge is -2.38. The molecule has 25 heavy (non-hydrogen) atoms. The zero-order valence-electron chi connectivity index (χ0n) is 15.0. The molecule has 0 aliphatic carbocycles. The van der Waals surface area contributed by atoms with E-state index in [2.05, 4.69) is 4.90 Å². The zero-order chi connectivity index (χ0) is 18.0. The van der Waals surface area contributed by atoms with Crippen LogP contribution in [0.5, 0.6) is 0 Å². The Balaban J connectivity index is 1.56. The number of likely N-dealkylation sites (N-methyl/N-ethyl adjacent to an activating group) is 1. The highest BCUT2D eigenvalue weighted by molar-refractivity contribution is 5.99. The largest absolute Gasteiger partial charge is 0.480 e. The first kappa shape index (κ1) is 17.9. The second-order valence-corrected chi connectivity index (χ2v) is 7.21. The van der Waals surface area contributed by atoms with Crippen molar-refractivity contribution in [1.29, 1.82) is 0 Å². The van der Waals surface area contributed by atoms with Gasteiger partial charge in [0, 0.05) is 31.4 Å². The molecule has 2 heterocycles. The Bertz CT molecular complexity index is 623. The molecule has 2 fully saturated rings. The maximum atomic E-state index is 12.8. The molecule has 0 aromatic heterocycles. The maximum absolute atomic E-state index is 12.8. The highest BCUT2D eigenvalue weighted by Gasteiger charge is 2.38. The Kier molecular flexibility index (Phi) is 5.39. The Labute approximate surface area is 149 Å². The minimum absolute atomic E-state index is 0.0352. The van der Waals surface area contributed by atoms with Crippen LogP contribution in [-0.4, -0.2) is 72.1 Å². The van der Waals surface area contributed by atoms with Crippen LogP contribution in [0.4, 0.5) is 5.69 Å². The molecule has 1 atom stereocenters. The van der Waals surface area contributed by atoms with Gasteiger partial charge in [0.25, 0.3) is 0 Å². The van der Waals surface area contributed by atoms with Crippen LogP contribution in [0.1, 0.15) is 24.8 Å². The van der Waals surface area contributed by atoms with Crippen LogP contribution >= 0.6 is 0 Å². The van der Waals surface area contributed by atoms with Gasteiger partial charge in [-0.15, -0.1) is 0 Å². The molecule has 2 saturated heterocycles. The molecule has 0 bridgehead atoms. The van der Waals surface area contributed by atoms with Crippen molar-refractivity contribution in [3.8, 4) is 0 Å². The molecule has 1 unspecified atom stereocenters. The molecule has 1 aromatic rings. The van der Waals surface area contributed by atoms with Crippen molar-refractivity contribution < 1.29 is 14.7 Å². The normalized spacial score (nSPS) is 22.8. The number of carboxylic acid groups (broad SMARTS) is 1. The van der Waals surface area contributed by atoms with Gasteiger partial charge in [-0.2, -0.15) is 0 Å². The molecule has 0 spiro atoms. The quantitative estimate of drug-likeness (QED) is 0.878. The SMILES string of the molecule is Cc1ccc(N2CCC(N3CCC(N(C)CC(=O)O)CC3)C2=O)cc1. The maximum Gasteiger partial charge on any atom is 0.317 e. The van der Waals surface area contributed by atoms with E-state index in [-0.39, 0.29) is 24.5 Å². The lowest BCUT2D eigenvalue weighted by Crippen LogP contribution is -2.50. The molecule has 2 aliphatic rings. The highest BCUT2D eigenvalue weighted by atomic mass is 16.4. The fourth-order valence-electron chi connectivity index (χ4n) is 3.97. The summed E-state index contributed by atoms with van der Waals surface area (Å²) in [5, 5.41) is 8.93. The molecule has 1 N–H and O–H groups in total. The number of aryl methyl sites for hydroxylation is 1. The average molecular weight is 345 g/mol. The molecular weight excluding hydrogens is 318 g/mol. The summed E-state index contributed by atoms with van der Waals surface area (Å²) in [5.41, 5.74) is 2.17. The van der Waals surface area contributed by atoms with E-state index >= 15 is 0 Å². The molecule has 0 radical (unpaired) electrons.